The van der Waals surface area contributed by atoms with Gasteiger partial charge in [-0.15, -0.1) is 10.2 Å². The average molecular weight is 316 g/mol. The van der Waals surface area contributed by atoms with Gasteiger partial charge in [-0.3, -0.25) is 0 Å². The third-order valence-corrected chi connectivity index (χ3v) is 5.12. The second-order valence-corrected chi connectivity index (χ2v) is 6.73. The molecule has 124 valence electrons. The Balaban J connectivity index is 1.57. The zero-order valence-electron chi connectivity index (χ0n) is 13.9. The van der Waals surface area contributed by atoms with Gasteiger partial charge in [-0.05, 0) is 32.4 Å². The second kappa shape index (κ2) is 5.72. The molecule has 0 radical (unpaired) electrons. The van der Waals surface area contributed by atoms with Gasteiger partial charge in [-0.2, -0.15) is 9.61 Å². The van der Waals surface area contributed by atoms with E-state index in [0.29, 0.717) is 0 Å². The molecule has 2 aromatic rings. The van der Waals surface area contributed by atoms with Crippen LogP contribution >= 0.6 is 0 Å². The van der Waals surface area contributed by atoms with Crippen LogP contribution in [0.4, 0.5) is 5.69 Å². The van der Waals surface area contributed by atoms with E-state index in [0.717, 1.165) is 69.1 Å². The monoisotopic (exact) mass is 316 g/mol. The van der Waals surface area contributed by atoms with Crippen molar-refractivity contribution in [1.29, 1.82) is 0 Å². The van der Waals surface area contributed by atoms with Crippen molar-refractivity contribution in [3.05, 3.63) is 18.1 Å². The Kier molecular flexibility index (Phi) is 3.69. The summed E-state index contributed by atoms with van der Waals surface area (Å²) in [5.74, 6) is 0. The number of fused-ring (bicyclic) bond motifs is 1. The largest absolute Gasteiger partial charge is 0.372 e. The number of anilines is 1. The summed E-state index contributed by atoms with van der Waals surface area (Å²) in [6.07, 6.45) is 4.71. The lowest BCUT2D eigenvalue weighted by atomic mass is 9.89. The van der Waals surface area contributed by atoms with Crippen molar-refractivity contribution >= 4 is 11.3 Å². The molecule has 4 rings (SSSR count). The van der Waals surface area contributed by atoms with Gasteiger partial charge in [-0.25, -0.2) is 0 Å². The molecule has 0 unspecified atom stereocenters. The zero-order valence-corrected chi connectivity index (χ0v) is 13.9. The molecule has 0 aromatic carbocycles. The van der Waals surface area contributed by atoms with Crippen LogP contribution in [0.15, 0.2) is 12.4 Å². The highest BCUT2D eigenvalue weighted by Crippen LogP contribution is 2.33. The van der Waals surface area contributed by atoms with Gasteiger partial charge in [0.1, 0.15) is 6.33 Å². The first kappa shape index (κ1) is 14.8. The van der Waals surface area contributed by atoms with Crippen LogP contribution in [0.5, 0.6) is 0 Å². The molecular formula is C16H24N6O. The molecule has 2 aliphatic rings. The molecule has 2 aliphatic heterocycles. The molecule has 23 heavy (non-hydrogen) atoms. The summed E-state index contributed by atoms with van der Waals surface area (Å²) < 4.78 is 7.96. The fourth-order valence-electron chi connectivity index (χ4n) is 3.76. The van der Waals surface area contributed by atoms with E-state index in [1.807, 2.05) is 0 Å². The van der Waals surface area contributed by atoms with Crippen LogP contribution in [-0.4, -0.2) is 70.1 Å². The number of hydrogen-bond acceptors (Lipinski definition) is 6. The minimum absolute atomic E-state index is 0.0358. The van der Waals surface area contributed by atoms with Gasteiger partial charge < -0.3 is 14.5 Å². The van der Waals surface area contributed by atoms with Crippen molar-refractivity contribution in [1.82, 2.24) is 24.7 Å². The second-order valence-electron chi connectivity index (χ2n) is 6.73. The number of nitrogens with zero attached hydrogens (tertiary/aromatic N) is 6. The Bertz CT molecular complexity index is 691. The van der Waals surface area contributed by atoms with Crippen LogP contribution in [0.2, 0.25) is 0 Å². The number of aryl methyl sites for hydroxylation is 1. The molecule has 7 nitrogen and oxygen atoms in total. The molecule has 2 fully saturated rings. The van der Waals surface area contributed by atoms with Gasteiger partial charge in [0.15, 0.2) is 0 Å². The van der Waals surface area contributed by atoms with E-state index in [-0.39, 0.29) is 5.60 Å². The topological polar surface area (TPSA) is 58.8 Å². The van der Waals surface area contributed by atoms with E-state index in [9.17, 15) is 0 Å². The average Bonchev–Trinajstić information content (AvgIpc) is 3.03. The smallest absolute Gasteiger partial charge is 0.200 e. The van der Waals surface area contributed by atoms with Crippen molar-refractivity contribution in [3.8, 4) is 0 Å². The van der Waals surface area contributed by atoms with E-state index in [2.05, 4.69) is 45.1 Å². The Morgan fingerprint density at radius 1 is 1.26 bits per heavy atom. The Labute approximate surface area is 136 Å². The van der Waals surface area contributed by atoms with Crippen molar-refractivity contribution in [2.24, 2.45) is 0 Å². The summed E-state index contributed by atoms with van der Waals surface area (Å²) in [5, 5.41) is 12.8. The lowest BCUT2D eigenvalue weighted by Gasteiger charge is -2.47. The van der Waals surface area contributed by atoms with Crippen LogP contribution in [0.25, 0.3) is 5.65 Å². The molecular weight excluding hydrogens is 292 g/mol. The number of ether oxygens (including phenoxy) is 1. The van der Waals surface area contributed by atoms with E-state index in [4.69, 9.17) is 4.74 Å². The van der Waals surface area contributed by atoms with Crippen LogP contribution in [0.1, 0.15) is 25.5 Å². The number of morpholine rings is 1. The predicted octanol–water partition coefficient (Wildman–Crippen LogP) is 0.988. The molecule has 4 heterocycles. The highest BCUT2D eigenvalue weighted by atomic mass is 16.5. The first-order valence-corrected chi connectivity index (χ1v) is 8.46. The molecule has 2 saturated heterocycles. The minimum Gasteiger partial charge on any atom is -0.372 e. The molecule has 0 N–H and O–H groups in total. The van der Waals surface area contributed by atoms with Crippen molar-refractivity contribution in [3.63, 3.8) is 0 Å². The van der Waals surface area contributed by atoms with E-state index in [1.165, 1.54) is 0 Å². The molecule has 1 spiro atoms. The molecule has 0 bridgehead atoms. The third kappa shape index (κ3) is 2.68. The quantitative estimate of drug-likeness (QED) is 0.823. The van der Waals surface area contributed by atoms with Crippen molar-refractivity contribution < 1.29 is 4.74 Å². The summed E-state index contributed by atoms with van der Waals surface area (Å²) >= 11 is 0. The van der Waals surface area contributed by atoms with Crippen LogP contribution in [0.3, 0.4) is 0 Å². The molecule has 0 atom stereocenters. The number of aromatic nitrogens is 4. The van der Waals surface area contributed by atoms with E-state index >= 15 is 0 Å². The van der Waals surface area contributed by atoms with Crippen molar-refractivity contribution in [2.75, 3.05) is 44.7 Å². The SMILES string of the molecule is CCc1cc(N2CCC3(CC2)CN(C)CCO3)c2nncn2n1. The van der Waals surface area contributed by atoms with Crippen LogP contribution in [0, 0.1) is 0 Å². The standard InChI is InChI=1S/C16H24N6O/c1-3-13-10-14(15-18-17-12-22(15)19-13)21-6-4-16(5-7-21)11-20(2)8-9-23-16/h10,12H,3-9,11H2,1-2H3. The highest BCUT2D eigenvalue weighted by molar-refractivity contribution is 5.68. The van der Waals surface area contributed by atoms with Gasteiger partial charge in [-0.1, -0.05) is 6.92 Å². The lowest BCUT2D eigenvalue weighted by Crippen LogP contribution is -2.56. The lowest BCUT2D eigenvalue weighted by molar-refractivity contribution is -0.115. The maximum atomic E-state index is 6.16. The molecule has 0 saturated carbocycles. The summed E-state index contributed by atoms with van der Waals surface area (Å²) in [6.45, 7) is 7.03. The van der Waals surface area contributed by atoms with Gasteiger partial charge in [0.05, 0.1) is 23.6 Å². The maximum Gasteiger partial charge on any atom is 0.200 e. The van der Waals surface area contributed by atoms with Crippen LogP contribution < -0.4 is 4.90 Å². The zero-order chi connectivity index (χ0) is 15.9. The van der Waals surface area contributed by atoms with Gasteiger partial charge in [0, 0.05) is 26.2 Å². The van der Waals surface area contributed by atoms with Gasteiger partial charge >= 0.3 is 0 Å². The first-order chi connectivity index (χ1) is 11.2. The minimum atomic E-state index is 0.0358. The normalized spacial score (nSPS) is 22.1. The summed E-state index contributed by atoms with van der Waals surface area (Å²) in [4.78, 5) is 4.80. The predicted molar refractivity (Wildman–Crippen MR) is 87.8 cm³/mol. The number of rotatable bonds is 2. The van der Waals surface area contributed by atoms with Crippen LogP contribution in [-0.2, 0) is 11.2 Å². The van der Waals surface area contributed by atoms with E-state index < -0.39 is 0 Å². The maximum absolute atomic E-state index is 6.16. The summed E-state index contributed by atoms with van der Waals surface area (Å²) in [6, 6.07) is 2.16. The number of likely N-dealkylation sites (N-methyl/N-ethyl adjacent to an activating group) is 1. The Morgan fingerprint density at radius 2 is 2.09 bits per heavy atom. The molecule has 0 aliphatic carbocycles. The molecule has 7 heteroatoms. The third-order valence-electron chi connectivity index (χ3n) is 5.12. The Hall–Kier alpha value is -1.73. The first-order valence-electron chi connectivity index (χ1n) is 8.46. The fourth-order valence-corrected chi connectivity index (χ4v) is 3.76. The number of piperidine rings is 1. The summed E-state index contributed by atoms with van der Waals surface area (Å²) in [7, 11) is 2.19. The molecule has 2 aromatic heterocycles. The Morgan fingerprint density at radius 3 is 2.83 bits per heavy atom. The number of hydrogen-bond donors (Lipinski definition) is 0. The highest BCUT2D eigenvalue weighted by Gasteiger charge is 2.39. The molecule has 0 amide bonds. The fraction of sp³-hybridized carbons (Fsp3) is 0.688. The summed E-state index contributed by atoms with van der Waals surface area (Å²) in [5.41, 5.74) is 3.10. The van der Waals surface area contributed by atoms with Crippen molar-refractivity contribution in [2.45, 2.75) is 31.8 Å². The van der Waals surface area contributed by atoms with E-state index in [1.54, 1.807) is 10.8 Å². The van der Waals surface area contributed by atoms with Gasteiger partial charge in [0.2, 0.25) is 5.65 Å². The van der Waals surface area contributed by atoms with Gasteiger partial charge in [0.25, 0.3) is 0 Å².